The molecule has 0 spiro atoms. The molecule has 10 heteroatoms. The molecule has 0 fully saturated rings. The van der Waals surface area contributed by atoms with Gasteiger partial charge in [-0.05, 0) is 35.2 Å². The lowest BCUT2D eigenvalue weighted by Gasteiger charge is -2.34. The van der Waals surface area contributed by atoms with Gasteiger partial charge in [-0.1, -0.05) is 31.2 Å². The average molecular weight is 478 g/mol. The van der Waals surface area contributed by atoms with Gasteiger partial charge in [0.15, 0.2) is 6.04 Å². The Kier molecular flexibility index (Phi) is 6.58. The van der Waals surface area contributed by atoms with Gasteiger partial charge < -0.3 is 10.6 Å². The van der Waals surface area contributed by atoms with Crippen molar-refractivity contribution in [3.8, 4) is 0 Å². The van der Waals surface area contributed by atoms with Crippen molar-refractivity contribution < 1.29 is 26.7 Å². The third-order valence-electron chi connectivity index (χ3n) is 5.87. The number of hydrogen-bond donors (Lipinski definition) is 2. The van der Waals surface area contributed by atoms with Crippen LogP contribution in [0.3, 0.4) is 0 Å². The number of benzene rings is 2. The number of carbonyl (C=O) groups is 1. The van der Waals surface area contributed by atoms with E-state index in [1.54, 1.807) is 12.1 Å². The molecule has 4 rings (SSSR count). The number of rotatable bonds is 6. The first kappa shape index (κ1) is 23.7. The van der Waals surface area contributed by atoms with Gasteiger partial charge in [0.05, 0.1) is 18.7 Å². The van der Waals surface area contributed by atoms with E-state index >= 15 is 0 Å². The maximum absolute atomic E-state index is 13.8. The first-order valence-corrected chi connectivity index (χ1v) is 10.8. The van der Waals surface area contributed by atoms with Crippen molar-refractivity contribution >= 4 is 11.7 Å². The Morgan fingerprint density at radius 2 is 1.79 bits per heavy atom. The lowest BCUT2D eigenvalue weighted by molar-refractivity contribution is -0.173. The molecule has 2 aromatic carbocycles. The topological polar surface area (TPSA) is 59.0 Å². The molecular weight excluding hydrogens is 455 g/mol. The Bertz CT molecular complexity index is 1150. The number of anilines is 1. The molecule has 0 aliphatic carbocycles. The lowest BCUT2D eigenvalue weighted by Crippen LogP contribution is -2.36. The molecule has 0 radical (unpaired) electrons. The first-order chi connectivity index (χ1) is 16.1. The molecule has 0 saturated heterocycles. The normalized spacial score (nSPS) is 17.7. The summed E-state index contributed by atoms with van der Waals surface area (Å²) in [6, 6.07) is 7.83. The molecule has 1 amide bonds. The van der Waals surface area contributed by atoms with Crippen molar-refractivity contribution in [2.75, 3.05) is 5.32 Å². The van der Waals surface area contributed by atoms with Gasteiger partial charge in [0.1, 0.15) is 17.5 Å². The summed E-state index contributed by atoms with van der Waals surface area (Å²) in [5.74, 6) is -1.92. The van der Waals surface area contributed by atoms with Crippen LogP contribution in [-0.2, 0) is 24.2 Å². The summed E-state index contributed by atoms with van der Waals surface area (Å²) in [6.07, 6.45) is -2.94. The van der Waals surface area contributed by atoms with Crippen LogP contribution < -0.4 is 10.6 Å². The number of amides is 1. The van der Waals surface area contributed by atoms with E-state index < -0.39 is 35.8 Å². The summed E-state index contributed by atoms with van der Waals surface area (Å²) in [7, 11) is 0. The maximum Gasteiger partial charge on any atom is 0.410 e. The zero-order chi connectivity index (χ0) is 24.5. The zero-order valence-electron chi connectivity index (χ0n) is 18.3. The minimum absolute atomic E-state index is 0.123. The summed E-state index contributed by atoms with van der Waals surface area (Å²) < 4.78 is 69.1. The molecule has 1 aromatic heterocycles. The summed E-state index contributed by atoms with van der Waals surface area (Å²) in [5.41, 5.74) is 2.32. The van der Waals surface area contributed by atoms with E-state index in [1.807, 2.05) is 19.1 Å². The van der Waals surface area contributed by atoms with Crippen molar-refractivity contribution in [2.45, 2.75) is 51.0 Å². The second-order valence-electron chi connectivity index (χ2n) is 8.28. The third kappa shape index (κ3) is 5.21. The van der Waals surface area contributed by atoms with Crippen LogP contribution in [0.25, 0.3) is 0 Å². The van der Waals surface area contributed by atoms with E-state index in [0.29, 0.717) is 11.1 Å². The van der Waals surface area contributed by atoms with Gasteiger partial charge in [-0.25, -0.2) is 13.5 Å². The van der Waals surface area contributed by atoms with E-state index in [9.17, 15) is 26.7 Å². The molecule has 2 N–H and O–H groups in total. The van der Waals surface area contributed by atoms with Crippen molar-refractivity contribution in [3.63, 3.8) is 0 Å². The van der Waals surface area contributed by atoms with Crippen LogP contribution in [0, 0.1) is 11.6 Å². The molecule has 0 unspecified atom stereocenters. The molecule has 5 nitrogen and oxygen atoms in total. The number of nitrogens with zero attached hydrogens (tertiary/aromatic N) is 2. The number of hydrogen-bond acceptors (Lipinski definition) is 3. The predicted molar refractivity (Wildman–Crippen MR) is 116 cm³/mol. The highest BCUT2D eigenvalue weighted by atomic mass is 19.4. The molecule has 0 saturated carbocycles. The standard InChI is InChI=1S/C24H23F5N4O/c1-2-14-3-5-16(6-4-14)20-11-21(24(27,28)29)33-23(32-20)17(13-31-33)9-22(34)30-12-15-7-18(25)10-19(26)8-15/h3-8,10,13,20-21,32H,2,9,11-12H2,1H3,(H,30,34)/t20-,21+/m1/s1. The van der Waals surface area contributed by atoms with Crippen LogP contribution in [0.5, 0.6) is 0 Å². The largest absolute Gasteiger partial charge is 0.410 e. The highest BCUT2D eigenvalue weighted by Gasteiger charge is 2.46. The summed E-state index contributed by atoms with van der Waals surface area (Å²) in [5, 5.41) is 9.56. The van der Waals surface area contributed by atoms with Gasteiger partial charge in [0, 0.05) is 24.6 Å². The minimum Gasteiger partial charge on any atom is -0.363 e. The fraction of sp³-hybridized carbons (Fsp3) is 0.333. The van der Waals surface area contributed by atoms with Gasteiger partial charge in [-0.15, -0.1) is 0 Å². The Balaban J connectivity index is 1.53. The number of fused-ring (bicyclic) bond motifs is 1. The third-order valence-corrected chi connectivity index (χ3v) is 5.87. The molecule has 0 bridgehead atoms. The molecule has 1 aliphatic heterocycles. The van der Waals surface area contributed by atoms with E-state index in [1.165, 1.54) is 6.20 Å². The minimum atomic E-state index is -4.52. The van der Waals surface area contributed by atoms with E-state index in [0.717, 1.165) is 34.9 Å². The number of halogens is 5. The van der Waals surface area contributed by atoms with Crippen LogP contribution >= 0.6 is 0 Å². The van der Waals surface area contributed by atoms with Gasteiger partial charge in [-0.2, -0.15) is 18.3 Å². The predicted octanol–water partition coefficient (Wildman–Crippen LogP) is 5.24. The number of aromatic nitrogens is 2. The summed E-state index contributed by atoms with van der Waals surface area (Å²) in [4.78, 5) is 12.5. The van der Waals surface area contributed by atoms with Crippen molar-refractivity contribution in [1.82, 2.24) is 15.1 Å². The Hall–Kier alpha value is -3.43. The van der Waals surface area contributed by atoms with Crippen LogP contribution in [0.4, 0.5) is 27.8 Å². The molecule has 3 aromatic rings. The number of carbonyl (C=O) groups excluding carboxylic acids is 1. The SMILES string of the molecule is CCc1ccc([C@H]2C[C@@H](C(F)(F)F)n3ncc(CC(=O)NCc4cc(F)cc(F)c4)c3N2)cc1. The molecule has 2 atom stereocenters. The van der Waals surface area contributed by atoms with E-state index in [2.05, 4.69) is 15.7 Å². The molecular formula is C24H23F5N4O. The van der Waals surface area contributed by atoms with Gasteiger partial charge >= 0.3 is 6.18 Å². The maximum atomic E-state index is 13.8. The lowest BCUT2D eigenvalue weighted by atomic mass is 9.95. The van der Waals surface area contributed by atoms with Gasteiger partial charge in [0.2, 0.25) is 5.91 Å². The summed E-state index contributed by atoms with van der Waals surface area (Å²) >= 11 is 0. The molecule has 2 heterocycles. The van der Waals surface area contributed by atoms with Gasteiger partial charge in [0.25, 0.3) is 0 Å². The Morgan fingerprint density at radius 1 is 1.12 bits per heavy atom. The van der Waals surface area contributed by atoms with Crippen LogP contribution in [0.1, 0.15) is 47.7 Å². The zero-order valence-corrected chi connectivity index (χ0v) is 18.3. The van der Waals surface area contributed by atoms with Crippen LogP contribution in [-0.4, -0.2) is 21.9 Å². The van der Waals surface area contributed by atoms with E-state index in [-0.39, 0.29) is 30.8 Å². The molecule has 180 valence electrons. The van der Waals surface area contributed by atoms with Gasteiger partial charge in [-0.3, -0.25) is 4.79 Å². The Labute approximate surface area is 193 Å². The highest BCUT2D eigenvalue weighted by molar-refractivity contribution is 5.80. The van der Waals surface area contributed by atoms with Crippen LogP contribution in [0.2, 0.25) is 0 Å². The average Bonchev–Trinajstić information content (AvgIpc) is 3.18. The Morgan fingerprint density at radius 3 is 2.41 bits per heavy atom. The van der Waals surface area contributed by atoms with Crippen molar-refractivity contribution in [3.05, 3.63) is 82.5 Å². The number of nitrogens with one attached hydrogen (secondary N) is 2. The number of aryl methyl sites for hydroxylation is 1. The van der Waals surface area contributed by atoms with Crippen molar-refractivity contribution in [1.29, 1.82) is 0 Å². The second-order valence-corrected chi connectivity index (χ2v) is 8.28. The molecule has 1 aliphatic rings. The second kappa shape index (κ2) is 9.44. The summed E-state index contributed by atoms with van der Waals surface area (Å²) in [6.45, 7) is 1.87. The molecule has 34 heavy (non-hydrogen) atoms. The highest BCUT2D eigenvalue weighted by Crippen LogP contribution is 2.44. The monoisotopic (exact) mass is 478 g/mol. The van der Waals surface area contributed by atoms with Crippen molar-refractivity contribution in [2.24, 2.45) is 0 Å². The fourth-order valence-electron chi connectivity index (χ4n) is 4.10. The van der Waals surface area contributed by atoms with E-state index in [4.69, 9.17) is 0 Å². The smallest absolute Gasteiger partial charge is 0.363 e. The number of alkyl halides is 3. The van der Waals surface area contributed by atoms with Crippen LogP contribution in [0.15, 0.2) is 48.7 Å². The first-order valence-electron chi connectivity index (χ1n) is 10.8. The quantitative estimate of drug-likeness (QED) is 0.477. The fourth-order valence-corrected chi connectivity index (χ4v) is 4.10.